The normalized spacial score (nSPS) is 15.6. The summed E-state index contributed by atoms with van der Waals surface area (Å²) < 4.78 is 52.7. The van der Waals surface area contributed by atoms with Gasteiger partial charge in [0.25, 0.3) is 0 Å². The monoisotopic (exact) mass is 846 g/mol. The molecule has 5 atom stereocenters. The highest BCUT2D eigenvalue weighted by atomic mass is 31.2. The van der Waals surface area contributed by atoms with E-state index in [0.29, 0.717) is 12.8 Å². The first kappa shape index (κ1) is 54.8. The molecule has 0 aliphatic carbocycles. The van der Waals surface area contributed by atoms with E-state index in [1.807, 2.05) is 0 Å². The van der Waals surface area contributed by atoms with Crippen LogP contribution >= 0.6 is 15.6 Å². The topological polar surface area (TPSA) is 225 Å². The molecule has 0 aliphatic rings. The number of hydrogen-bond donors (Lipinski definition) is 5. The zero-order valence-electron chi connectivity index (χ0n) is 34.3. The summed E-state index contributed by atoms with van der Waals surface area (Å²) in [7, 11) is -9.55. The number of carbonyl (C=O) groups is 2. The molecule has 332 valence electrons. The highest BCUT2D eigenvalue weighted by molar-refractivity contribution is 7.47. The number of aliphatic hydroxyl groups is 3. The summed E-state index contributed by atoms with van der Waals surface area (Å²) in [4.78, 5) is 43.5. The molecule has 56 heavy (non-hydrogen) atoms. The van der Waals surface area contributed by atoms with Crippen molar-refractivity contribution in [1.29, 1.82) is 0 Å². The summed E-state index contributed by atoms with van der Waals surface area (Å²) in [6.45, 7) is 0.360. The number of unbranched alkanes of at least 4 members (excludes halogenated alkanes) is 19. The summed E-state index contributed by atoms with van der Waals surface area (Å²) in [5.41, 5.74) is 0. The lowest BCUT2D eigenvalue weighted by molar-refractivity contribution is -0.148. The first-order valence-electron chi connectivity index (χ1n) is 21.0. The van der Waals surface area contributed by atoms with Crippen LogP contribution in [0.15, 0.2) is 12.2 Å². The molecule has 0 aromatic heterocycles. The summed E-state index contributed by atoms with van der Waals surface area (Å²) in [6, 6.07) is 0. The average molecular weight is 847 g/mol. The second-order valence-electron chi connectivity index (χ2n) is 14.4. The van der Waals surface area contributed by atoms with Gasteiger partial charge in [-0.15, -0.1) is 0 Å². The second kappa shape index (κ2) is 36.8. The van der Waals surface area contributed by atoms with Gasteiger partial charge in [0.15, 0.2) is 0 Å². The first-order valence-corrected chi connectivity index (χ1v) is 24.0. The maximum Gasteiger partial charge on any atom is 0.472 e. The predicted octanol–water partition coefficient (Wildman–Crippen LogP) is 8.38. The number of allylic oxidation sites excluding steroid dienone is 2. The van der Waals surface area contributed by atoms with Gasteiger partial charge in [-0.2, -0.15) is 0 Å². The van der Waals surface area contributed by atoms with Gasteiger partial charge in [0.2, 0.25) is 0 Å². The van der Waals surface area contributed by atoms with Crippen molar-refractivity contribution in [3.8, 4) is 0 Å². The van der Waals surface area contributed by atoms with E-state index < -0.39 is 85.5 Å². The Bertz CT molecular complexity index is 1080. The van der Waals surface area contributed by atoms with Crippen LogP contribution in [0.5, 0.6) is 0 Å². The fraction of sp³-hybridized carbons (Fsp3) is 0.897. The number of esters is 2. The Balaban J connectivity index is 3.94. The van der Waals surface area contributed by atoms with E-state index in [2.05, 4.69) is 44.1 Å². The summed E-state index contributed by atoms with van der Waals surface area (Å²) >= 11 is 0. The summed E-state index contributed by atoms with van der Waals surface area (Å²) in [5.74, 6) is -1.00. The molecule has 0 amide bonds. The summed E-state index contributed by atoms with van der Waals surface area (Å²) in [5, 5.41) is 29.9. The molecule has 0 heterocycles. The minimum Gasteiger partial charge on any atom is -0.463 e. The molecule has 0 aliphatic heterocycles. The molecule has 0 bridgehead atoms. The van der Waals surface area contributed by atoms with Gasteiger partial charge < -0.3 is 34.6 Å². The first-order chi connectivity index (χ1) is 26.8. The Kier molecular flexibility index (Phi) is 36.0. The van der Waals surface area contributed by atoms with Crippen LogP contribution < -0.4 is 0 Å². The van der Waals surface area contributed by atoms with Crippen LogP contribution in [0.4, 0.5) is 0 Å². The van der Waals surface area contributed by atoms with Crippen molar-refractivity contribution in [3.63, 3.8) is 0 Å². The molecule has 0 rings (SSSR count). The van der Waals surface area contributed by atoms with E-state index in [1.165, 1.54) is 70.6 Å². The average Bonchev–Trinajstić information content (AvgIpc) is 3.17. The Hall–Kier alpha value is -1.22. The maximum atomic E-state index is 12.1. The number of hydrogen-bond acceptors (Lipinski definition) is 13. The second-order valence-corrected chi connectivity index (χ2v) is 17.3. The number of phosphoric ester groups is 2. The number of carbonyl (C=O) groups excluding carboxylic acids is 2. The van der Waals surface area contributed by atoms with Gasteiger partial charge in [-0.05, 0) is 32.1 Å². The van der Waals surface area contributed by atoms with Crippen LogP contribution in [0, 0.1) is 0 Å². The zero-order chi connectivity index (χ0) is 41.8. The van der Waals surface area contributed by atoms with Crippen molar-refractivity contribution in [3.05, 3.63) is 12.2 Å². The maximum absolute atomic E-state index is 12.1. The minimum atomic E-state index is -4.77. The van der Waals surface area contributed by atoms with Crippen molar-refractivity contribution in [2.75, 3.05) is 39.6 Å². The van der Waals surface area contributed by atoms with Gasteiger partial charge in [0, 0.05) is 12.8 Å². The Morgan fingerprint density at radius 3 is 1.09 bits per heavy atom. The van der Waals surface area contributed by atoms with Crippen molar-refractivity contribution in [2.45, 2.75) is 186 Å². The van der Waals surface area contributed by atoms with Crippen LogP contribution in [-0.4, -0.2) is 95.0 Å². The van der Waals surface area contributed by atoms with E-state index >= 15 is 0 Å². The predicted molar refractivity (Wildman–Crippen MR) is 215 cm³/mol. The van der Waals surface area contributed by atoms with E-state index in [0.717, 1.165) is 57.8 Å². The molecule has 0 radical (unpaired) electrons. The Labute approximate surface area is 336 Å². The molecule has 0 saturated carbocycles. The number of ether oxygens (including phenoxy) is 2. The van der Waals surface area contributed by atoms with Crippen LogP contribution in [-0.2, 0) is 46.3 Å². The van der Waals surface area contributed by atoms with Crippen molar-refractivity contribution < 1.29 is 71.4 Å². The van der Waals surface area contributed by atoms with Gasteiger partial charge in [-0.3, -0.25) is 27.7 Å². The van der Waals surface area contributed by atoms with Gasteiger partial charge in [0.1, 0.15) is 31.5 Å². The molecule has 17 heteroatoms. The van der Waals surface area contributed by atoms with Crippen LogP contribution in [0.25, 0.3) is 0 Å². The van der Waals surface area contributed by atoms with Crippen LogP contribution in [0.3, 0.4) is 0 Å². The smallest absolute Gasteiger partial charge is 0.463 e. The summed E-state index contributed by atoms with van der Waals surface area (Å²) in [6.07, 6.45) is 25.0. The molecule has 0 spiro atoms. The zero-order valence-corrected chi connectivity index (χ0v) is 36.1. The molecule has 0 aromatic rings. The highest BCUT2D eigenvalue weighted by Crippen LogP contribution is 2.45. The van der Waals surface area contributed by atoms with Crippen molar-refractivity contribution in [2.24, 2.45) is 0 Å². The molecule has 0 fully saturated rings. The van der Waals surface area contributed by atoms with Crippen LogP contribution in [0.2, 0.25) is 0 Å². The van der Waals surface area contributed by atoms with Crippen molar-refractivity contribution in [1.82, 2.24) is 0 Å². The molecule has 5 N–H and O–H groups in total. The van der Waals surface area contributed by atoms with Gasteiger partial charge in [0.05, 0.1) is 26.4 Å². The van der Waals surface area contributed by atoms with Gasteiger partial charge >= 0.3 is 27.6 Å². The Morgan fingerprint density at radius 2 is 0.732 bits per heavy atom. The molecule has 0 saturated heterocycles. The molecule has 15 nitrogen and oxygen atoms in total. The SMILES string of the molecule is CCCC/C=C\CCCCCCCC(=O)OCC(O)COP(=O)(O)OCC(O)COP(=O)(O)OCC(O)COC(=O)CCCCCCCCCCCCCCC. The number of phosphoric acid groups is 2. The number of aliphatic hydroxyl groups excluding tert-OH is 3. The molecule has 0 aromatic carbocycles. The van der Waals surface area contributed by atoms with E-state index in [-0.39, 0.29) is 12.8 Å². The fourth-order valence-electron chi connectivity index (χ4n) is 5.37. The third-order valence-electron chi connectivity index (χ3n) is 8.72. The van der Waals surface area contributed by atoms with Gasteiger partial charge in [-0.1, -0.05) is 135 Å². The third kappa shape index (κ3) is 38.3. The fourth-order valence-corrected chi connectivity index (χ4v) is 6.96. The number of rotatable bonds is 41. The minimum absolute atomic E-state index is 0.188. The lowest BCUT2D eigenvalue weighted by Gasteiger charge is -2.19. The lowest BCUT2D eigenvalue weighted by atomic mass is 10.0. The Morgan fingerprint density at radius 1 is 0.446 bits per heavy atom. The third-order valence-corrected chi connectivity index (χ3v) is 10.6. The lowest BCUT2D eigenvalue weighted by Crippen LogP contribution is -2.25. The van der Waals surface area contributed by atoms with Crippen LogP contribution in [0.1, 0.15) is 168 Å². The van der Waals surface area contributed by atoms with E-state index in [9.17, 15) is 43.8 Å². The largest absolute Gasteiger partial charge is 0.472 e. The van der Waals surface area contributed by atoms with Crippen molar-refractivity contribution >= 4 is 27.6 Å². The standard InChI is InChI=1S/C39H76O15P2/c1-3-5-7-9-11-13-15-16-18-20-22-24-26-28-39(44)50-30-36(41)32-52-56(47,48)54-34-37(42)33-53-55(45,46)51-31-35(40)29-49-38(43)27-25-23-21-19-17-14-12-10-8-6-4-2/h10,12,35-37,40-42H,3-9,11,13-34H2,1-2H3,(H,45,46)(H,47,48)/b12-10-. The van der Waals surface area contributed by atoms with E-state index in [1.54, 1.807) is 0 Å². The molecule has 5 unspecified atom stereocenters. The van der Waals surface area contributed by atoms with E-state index in [4.69, 9.17) is 9.47 Å². The highest BCUT2D eigenvalue weighted by Gasteiger charge is 2.28. The molecular formula is C39H76O15P2. The molecular weight excluding hydrogens is 770 g/mol. The quantitative estimate of drug-likeness (QED) is 0.0169. The van der Waals surface area contributed by atoms with Gasteiger partial charge in [-0.25, -0.2) is 9.13 Å².